The first-order chi connectivity index (χ1) is 22.8. The molecular weight excluding hydrogens is 830 g/mol. The fraction of sp³-hybridized carbons (Fsp3) is 0.216. The quantitative estimate of drug-likeness (QED) is 0.122. The molecule has 0 spiro atoms. The smallest absolute Gasteiger partial charge is 0.375 e. The summed E-state index contributed by atoms with van der Waals surface area (Å²) in [7, 11) is 0. The average Bonchev–Trinajstić information content (AvgIpc) is 3.65. The molecule has 11 heteroatoms. The maximum absolute atomic E-state index is 13.6. The number of pyridine rings is 2. The number of carbonyl (C=O) groups excluding carboxylic acids is 1. The zero-order valence-corrected chi connectivity index (χ0v) is 31.7. The minimum absolute atomic E-state index is 0.157. The fourth-order valence-electron chi connectivity index (χ4n) is 5.61. The molecule has 0 unspecified atom stereocenters. The second kappa shape index (κ2) is 13.4. The number of benzene rings is 2. The zero-order valence-electron chi connectivity index (χ0n) is 27.4. The van der Waals surface area contributed by atoms with Crippen molar-refractivity contribution in [1.82, 2.24) is 29.5 Å². The molecule has 9 nitrogen and oxygen atoms in total. The Morgan fingerprint density at radius 3 is 1.38 bits per heavy atom. The number of halogens is 2. The number of hydrogen-bond acceptors (Lipinski definition) is 7. The van der Waals surface area contributed by atoms with E-state index in [2.05, 4.69) is 109 Å². The van der Waals surface area contributed by atoms with Gasteiger partial charge >= 0.3 is 6.16 Å². The maximum Gasteiger partial charge on any atom is 0.522 e. The number of carbonyl (C=O) groups is 1. The van der Waals surface area contributed by atoms with Crippen LogP contribution in [0.4, 0.5) is 4.79 Å². The van der Waals surface area contributed by atoms with E-state index >= 15 is 0 Å². The highest BCUT2D eigenvalue weighted by Crippen LogP contribution is 2.39. The number of aromatic nitrogens is 6. The maximum atomic E-state index is 13.6. The van der Waals surface area contributed by atoms with E-state index in [1.165, 1.54) is 9.36 Å². The first-order valence-electron chi connectivity index (χ1n) is 15.3. The van der Waals surface area contributed by atoms with Gasteiger partial charge in [-0.3, -0.25) is 0 Å². The van der Waals surface area contributed by atoms with Crippen molar-refractivity contribution < 1.29 is 14.3 Å². The molecule has 4 aromatic heterocycles. The van der Waals surface area contributed by atoms with Crippen molar-refractivity contribution in [2.75, 3.05) is 0 Å². The van der Waals surface area contributed by atoms with Crippen molar-refractivity contribution >= 4 is 51.3 Å². The summed E-state index contributed by atoms with van der Waals surface area (Å²) in [4.78, 5) is 22.6. The van der Waals surface area contributed by atoms with Crippen LogP contribution in [0.25, 0.3) is 34.2 Å². The van der Waals surface area contributed by atoms with E-state index in [0.717, 1.165) is 29.4 Å². The normalized spacial score (nSPS) is 11.8. The van der Waals surface area contributed by atoms with Gasteiger partial charge in [0.2, 0.25) is 11.8 Å². The molecule has 0 atom stereocenters. The van der Waals surface area contributed by atoms with Crippen LogP contribution in [0.15, 0.2) is 97.3 Å². The van der Waals surface area contributed by atoms with Crippen LogP contribution in [0.1, 0.15) is 52.7 Å². The van der Waals surface area contributed by atoms with E-state index in [9.17, 15) is 4.79 Å². The molecule has 0 aliphatic rings. The van der Waals surface area contributed by atoms with E-state index < -0.39 is 6.16 Å². The van der Waals surface area contributed by atoms with Gasteiger partial charge in [0.1, 0.15) is 0 Å². The van der Waals surface area contributed by atoms with Crippen molar-refractivity contribution in [1.29, 1.82) is 0 Å². The van der Waals surface area contributed by atoms with Crippen LogP contribution in [0, 0.1) is 7.14 Å². The summed E-state index contributed by atoms with van der Waals surface area (Å²) in [5.41, 5.74) is 5.12. The van der Waals surface area contributed by atoms with Crippen molar-refractivity contribution in [3.05, 3.63) is 116 Å². The molecule has 0 N–H and O–H groups in total. The summed E-state index contributed by atoms with van der Waals surface area (Å²) in [5.74, 6) is 1.29. The second-order valence-electron chi connectivity index (χ2n) is 13.2. The summed E-state index contributed by atoms with van der Waals surface area (Å²) in [6.45, 7) is 13.0. The van der Waals surface area contributed by atoms with Gasteiger partial charge in [0, 0.05) is 42.8 Å². The van der Waals surface area contributed by atoms with Crippen molar-refractivity contribution in [2.24, 2.45) is 0 Å². The lowest BCUT2D eigenvalue weighted by atomic mass is 9.83. The molecule has 0 aliphatic carbocycles. The van der Waals surface area contributed by atoms with E-state index in [-0.39, 0.29) is 22.6 Å². The van der Waals surface area contributed by atoms with Crippen molar-refractivity contribution in [3.8, 4) is 45.9 Å². The Kier molecular flexibility index (Phi) is 9.44. The highest BCUT2D eigenvalue weighted by molar-refractivity contribution is 14.1. The lowest BCUT2D eigenvalue weighted by Crippen LogP contribution is -2.18. The van der Waals surface area contributed by atoms with Crippen LogP contribution in [0.3, 0.4) is 0 Å². The van der Waals surface area contributed by atoms with Crippen molar-refractivity contribution in [3.63, 3.8) is 0 Å². The van der Waals surface area contributed by atoms with Crippen LogP contribution in [0.2, 0.25) is 0 Å². The lowest BCUT2D eigenvalue weighted by molar-refractivity contribution is 0.145. The fourth-order valence-corrected chi connectivity index (χ4v) is 8.23. The predicted molar refractivity (Wildman–Crippen MR) is 203 cm³/mol. The molecule has 6 aromatic rings. The highest BCUT2D eigenvalue weighted by Gasteiger charge is 2.27. The highest BCUT2D eigenvalue weighted by atomic mass is 127. The van der Waals surface area contributed by atoms with Gasteiger partial charge in [0.15, 0.2) is 11.6 Å². The van der Waals surface area contributed by atoms with E-state index in [1.54, 1.807) is 36.7 Å². The molecule has 4 heterocycles. The van der Waals surface area contributed by atoms with Crippen molar-refractivity contribution in [2.45, 2.75) is 52.4 Å². The Morgan fingerprint density at radius 1 is 0.604 bits per heavy atom. The SMILES string of the molecule is CC(C)(C)c1c(I)cccc1-c1cc(OC(=O)Oc2cc(-c3cccc(I)c3C(C)(C)C)nn2-c2ccccn2)n(-c2ccccn2)n1. The lowest BCUT2D eigenvalue weighted by Gasteiger charge is -2.24. The molecule has 0 saturated carbocycles. The number of rotatable bonds is 6. The summed E-state index contributed by atoms with van der Waals surface area (Å²) < 4.78 is 17.0. The topological polar surface area (TPSA) is 97.0 Å². The number of nitrogens with zero attached hydrogens (tertiary/aromatic N) is 6. The van der Waals surface area contributed by atoms with Crippen LogP contribution < -0.4 is 9.47 Å². The average molecular weight is 865 g/mol. The minimum atomic E-state index is -0.959. The molecular formula is C37H34I2N6O3. The monoisotopic (exact) mass is 864 g/mol. The Morgan fingerprint density at radius 2 is 1.02 bits per heavy atom. The zero-order chi connectivity index (χ0) is 34.2. The van der Waals surface area contributed by atoms with Gasteiger partial charge in [-0.15, -0.1) is 0 Å². The molecule has 0 aliphatic heterocycles. The summed E-state index contributed by atoms with van der Waals surface area (Å²) in [5, 5.41) is 9.73. The largest absolute Gasteiger partial charge is 0.522 e. The van der Waals surface area contributed by atoms with E-state index in [1.807, 2.05) is 48.5 Å². The van der Waals surface area contributed by atoms with Crippen LogP contribution in [0.5, 0.6) is 11.8 Å². The Hall–Kier alpha value is -4.11. The second-order valence-corrected chi connectivity index (χ2v) is 15.5. The summed E-state index contributed by atoms with van der Waals surface area (Å²) >= 11 is 4.71. The number of hydrogen-bond donors (Lipinski definition) is 0. The minimum Gasteiger partial charge on any atom is -0.375 e. The third-order valence-corrected chi connectivity index (χ3v) is 9.34. The van der Waals surface area contributed by atoms with Gasteiger partial charge in [-0.2, -0.15) is 19.6 Å². The van der Waals surface area contributed by atoms with E-state index in [0.29, 0.717) is 23.0 Å². The third kappa shape index (κ3) is 7.02. The van der Waals surface area contributed by atoms with Gasteiger partial charge in [0.05, 0.1) is 11.4 Å². The Balaban J connectivity index is 1.41. The van der Waals surface area contributed by atoms with Gasteiger partial charge in [-0.1, -0.05) is 77.9 Å². The molecule has 6 rings (SSSR count). The Labute approximate surface area is 307 Å². The van der Waals surface area contributed by atoms with Crippen LogP contribution in [-0.4, -0.2) is 35.7 Å². The third-order valence-electron chi connectivity index (χ3n) is 7.54. The first kappa shape index (κ1) is 33.8. The standard InChI is InChI=1S/C37H34I2N6O3/c1-36(2,3)33-23(13-11-15-25(33)38)27-21-31(44(42-27)29-17-7-9-19-40-29)47-35(46)48-32-22-28(43-45(32)30-18-8-10-20-41-30)24-14-12-16-26(39)34(24)37(4,5)6/h7-22H,1-6H3. The molecule has 2 aromatic carbocycles. The van der Waals surface area contributed by atoms with Crippen LogP contribution >= 0.6 is 45.2 Å². The number of ether oxygens (including phenoxy) is 2. The predicted octanol–water partition coefficient (Wildman–Crippen LogP) is 9.56. The van der Waals surface area contributed by atoms with Gasteiger partial charge in [0.25, 0.3) is 0 Å². The molecule has 0 fully saturated rings. The van der Waals surface area contributed by atoms with Gasteiger partial charge in [-0.05, 0) is 104 Å². The van der Waals surface area contributed by atoms with Gasteiger partial charge in [-0.25, -0.2) is 14.8 Å². The Bertz CT molecular complexity index is 1950. The molecule has 244 valence electrons. The molecule has 48 heavy (non-hydrogen) atoms. The molecule has 0 radical (unpaired) electrons. The molecule has 0 bridgehead atoms. The first-order valence-corrected chi connectivity index (χ1v) is 17.5. The molecule has 0 amide bonds. The van der Waals surface area contributed by atoms with Crippen LogP contribution in [-0.2, 0) is 10.8 Å². The summed E-state index contributed by atoms with van der Waals surface area (Å²) in [6.07, 6.45) is 2.36. The van der Waals surface area contributed by atoms with Gasteiger partial charge < -0.3 is 9.47 Å². The summed E-state index contributed by atoms with van der Waals surface area (Å²) in [6, 6.07) is 26.6. The molecule has 0 saturated heterocycles. The van der Waals surface area contributed by atoms with E-state index in [4.69, 9.17) is 19.7 Å².